The fourth-order valence-corrected chi connectivity index (χ4v) is 10.7. The van der Waals surface area contributed by atoms with Crippen molar-refractivity contribution in [2.24, 2.45) is 27.1 Å². The lowest BCUT2D eigenvalue weighted by atomic mass is 9.79. The predicted molar refractivity (Wildman–Crippen MR) is 526 cm³/mol. The van der Waals surface area contributed by atoms with Crippen LogP contribution >= 0.6 is 0 Å². The maximum atomic E-state index is 12.7. The van der Waals surface area contributed by atoms with E-state index in [1.807, 2.05) is 90.0 Å². The molecule has 0 radical (unpaired) electrons. The molecule has 784 valence electrons. The number of hydrogen-bond acceptors (Lipinski definition) is 29. The third kappa shape index (κ3) is 55.3. The summed E-state index contributed by atoms with van der Waals surface area (Å²) in [5.41, 5.74) is -9.73. The first-order valence-corrected chi connectivity index (χ1v) is 46.7. The predicted octanol–water partition coefficient (Wildman–Crippen LogP) is 12.2. The summed E-state index contributed by atoms with van der Waals surface area (Å²) < 4.78 is 0. The van der Waals surface area contributed by atoms with Crippen LogP contribution in [0.3, 0.4) is 0 Å². The highest BCUT2D eigenvalue weighted by Crippen LogP contribution is 2.30. The number of carbonyl (C=O) groups excluding carboxylic acids is 14. The lowest BCUT2D eigenvalue weighted by Gasteiger charge is -2.33. The Balaban J connectivity index is -0.000000284. The molecule has 35 heteroatoms. The van der Waals surface area contributed by atoms with Crippen LogP contribution in [-0.2, 0) is 95.9 Å². The Morgan fingerprint density at radius 2 is 0.467 bits per heavy atom. The summed E-state index contributed by atoms with van der Waals surface area (Å²) in [5, 5.41) is 80.2. The Bertz CT molecular complexity index is 3970. The second kappa shape index (κ2) is 60.0. The van der Waals surface area contributed by atoms with Gasteiger partial charge in [0.05, 0.1) is 80.9 Å². The topological polar surface area (TPSA) is 571 Å². The van der Waals surface area contributed by atoms with Crippen LogP contribution in [0.1, 0.15) is 386 Å². The molecule has 0 aromatic carbocycles. The standard InChI is InChI=1S/C16H29NO4.C15H28N2O4.2C15H27NO4.C14H25NO4.C13H24N2O4.C12H23NO2/c1-7-15(3,4)14(21)12(9-8-10-13(19)20)17-16(5,6)11(2)18;1-10(18)14(2,3)17-11(13(20)21)8-7-9-12(19)15(4,5)16-6;1-7-14(3,4)13(20)11(8-9-12(18)19)16-15(5,6)10(2)17;1-7-14(3,4)12(18)9-8-11(13(19)20)16-15(5,6)10(2)17;1-7-13(3,4)12(19)10(8-11(17)18)15-14(5,6)9(2)16;1-8(16)12(2,3)15-9(11(18)19)7-10(17)13(4,5)14-6;1-7-11(3,4)10(15)8-13-12(5,6)9(2)14/h12,17H,7-10H2,1-6H3,(H,19,20);11,16-17H,7-9H2,1-6H3,(H,20,21);11,16H,7-9H2,1-6H3,(H,18,19);11,16H,7-9H2,1-6H3,(H,19,20);10,15H,7-8H2,1-6H3,(H,17,18);9,14-15H,7H2,1-6H3,(H,18,19);13H,7-8H2,1-6H3. The third-order valence-corrected chi connectivity index (χ3v) is 26.3. The zero-order valence-corrected chi connectivity index (χ0v) is 90.5. The first-order chi connectivity index (χ1) is 60.3. The van der Waals surface area contributed by atoms with E-state index in [1.165, 1.54) is 48.5 Å². The van der Waals surface area contributed by atoms with Crippen molar-refractivity contribution in [2.75, 3.05) is 20.6 Å². The summed E-state index contributed by atoms with van der Waals surface area (Å²) in [6.45, 7) is 69.1. The number of Topliss-reactive ketones (excluding diaryl/α,β-unsaturated/α-hetero) is 14. The van der Waals surface area contributed by atoms with Crippen molar-refractivity contribution in [3.63, 3.8) is 0 Å². The first kappa shape index (κ1) is 140. The van der Waals surface area contributed by atoms with E-state index in [1.54, 1.807) is 153 Å². The van der Waals surface area contributed by atoms with Gasteiger partial charge in [-0.25, -0.2) is 0 Å². The zero-order chi connectivity index (χ0) is 109. The normalized spacial score (nSPS) is 13.8. The molecule has 6 unspecified atom stereocenters. The highest BCUT2D eigenvalue weighted by molar-refractivity contribution is 5.97. The van der Waals surface area contributed by atoms with Crippen LogP contribution in [0.4, 0.5) is 0 Å². The van der Waals surface area contributed by atoms with Crippen LogP contribution in [-0.4, -0.2) is 254 Å². The van der Waals surface area contributed by atoms with E-state index in [4.69, 9.17) is 20.4 Å². The molecule has 0 amide bonds. The van der Waals surface area contributed by atoms with Crippen molar-refractivity contribution in [3.05, 3.63) is 0 Å². The number of carbonyl (C=O) groups is 20. The number of carboxylic acid groups (broad SMARTS) is 6. The Morgan fingerprint density at radius 3 is 0.741 bits per heavy atom. The lowest BCUT2D eigenvalue weighted by Crippen LogP contribution is -2.56. The minimum Gasteiger partial charge on any atom is -0.481 e. The van der Waals surface area contributed by atoms with E-state index >= 15 is 0 Å². The van der Waals surface area contributed by atoms with Crippen LogP contribution in [0.25, 0.3) is 0 Å². The Labute approximate surface area is 807 Å². The first-order valence-electron chi connectivity index (χ1n) is 46.7. The van der Waals surface area contributed by atoms with Gasteiger partial charge in [0, 0.05) is 59.2 Å². The fraction of sp³-hybridized carbons (Fsp3) is 0.800. The molecule has 0 bridgehead atoms. The molecule has 135 heavy (non-hydrogen) atoms. The van der Waals surface area contributed by atoms with Gasteiger partial charge in [0.2, 0.25) is 0 Å². The molecular formula is C100H183N9O26. The maximum Gasteiger partial charge on any atom is 0.321 e. The van der Waals surface area contributed by atoms with Crippen molar-refractivity contribution in [3.8, 4) is 0 Å². The molecule has 35 nitrogen and oxygen atoms in total. The van der Waals surface area contributed by atoms with Gasteiger partial charge in [-0.3, -0.25) is 133 Å². The molecule has 0 fully saturated rings. The summed E-state index contributed by atoms with van der Waals surface area (Å²) in [7, 11) is 3.36. The van der Waals surface area contributed by atoms with Gasteiger partial charge in [0.1, 0.15) is 64.4 Å². The molecule has 0 saturated carbocycles. The molecule has 0 spiro atoms. The monoisotopic (exact) mass is 1930 g/mol. The van der Waals surface area contributed by atoms with Crippen molar-refractivity contribution in [1.29, 1.82) is 0 Å². The van der Waals surface area contributed by atoms with Gasteiger partial charge in [-0.2, -0.15) is 0 Å². The van der Waals surface area contributed by atoms with Crippen molar-refractivity contribution in [2.45, 2.75) is 472 Å². The second-order valence-corrected chi connectivity index (χ2v) is 43.0. The molecule has 0 rings (SSSR count). The minimum absolute atomic E-state index is 0.0263. The number of hydrogen-bond donors (Lipinski definition) is 15. The molecule has 0 aliphatic heterocycles. The molecule has 0 aromatic rings. The fourth-order valence-electron chi connectivity index (χ4n) is 10.7. The van der Waals surface area contributed by atoms with Crippen LogP contribution < -0.4 is 47.9 Å². The van der Waals surface area contributed by atoms with Gasteiger partial charge in [0.25, 0.3) is 0 Å². The molecule has 0 heterocycles. The van der Waals surface area contributed by atoms with E-state index in [0.29, 0.717) is 51.4 Å². The highest BCUT2D eigenvalue weighted by atomic mass is 16.4. The zero-order valence-electron chi connectivity index (χ0n) is 90.5. The molecule has 6 atom stereocenters. The van der Waals surface area contributed by atoms with E-state index in [9.17, 15) is 106 Å². The summed E-state index contributed by atoms with van der Waals surface area (Å²) in [5.74, 6) is -6.90. The molecule has 15 N–H and O–H groups in total. The number of rotatable bonds is 60. The number of ketones is 14. The van der Waals surface area contributed by atoms with Gasteiger partial charge in [-0.15, -0.1) is 0 Å². The summed E-state index contributed by atoms with van der Waals surface area (Å²) in [4.78, 5) is 232. The smallest absolute Gasteiger partial charge is 0.321 e. The molecule has 0 aliphatic rings. The van der Waals surface area contributed by atoms with Gasteiger partial charge in [0.15, 0.2) is 34.7 Å². The Hall–Kier alpha value is -8.16. The van der Waals surface area contributed by atoms with Crippen LogP contribution in [0.5, 0.6) is 0 Å². The summed E-state index contributed by atoms with van der Waals surface area (Å²) in [6.07, 6.45) is 5.40. The number of carboxylic acids is 6. The second-order valence-electron chi connectivity index (χ2n) is 43.0. The van der Waals surface area contributed by atoms with Gasteiger partial charge in [-0.05, 0) is 258 Å². The van der Waals surface area contributed by atoms with E-state index in [0.717, 1.165) is 12.8 Å². The number of likely N-dealkylation sites (N-methyl/N-ethyl adjacent to an activating group) is 2. The molecule has 0 aliphatic carbocycles. The molecular weight excluding hydrogens is 1740 g/mol. The average Bonchev–Trinajstić information content (AvgIpc) is 0.836. The van der Waals surface area contributed by atoms with Crippen molar-refractivity contribution < 1.29 is 127 Å². The SMILES string of the molecule is CCC(C)(C)C(=O)C(CC(=O)O)NC(C)(C)C(C)=O.CCC(C)(C)C(=O)C(CCC(=O)O)NC(C)(C)C(C)=O.CCC(C)(C)C(=O)C(CCCC(=O)O)NC(C)(C)C(C)=O.CCC(C)(C)C(=O)CCC(NC(C)(C)C(C)=O)C(=O)O.CCC(C)(C)C(=O)CNC(C)(C)C(C)=O.CNC(C)(C)C(=O)CC(NC(C)(C)C(C)=O)C(=O)O.CNC(C)(C)C(=O)CCCC(NC(C)(C)C(C)=O)C(=O)O. The van der Waals surface area contributed by atoms with Crippen LogP contribution in [0.2, 0.25) is 0 Å². The van der Waals surface area contributed by atoms with E-state index in [2.05, 4.69) is 47.9 Å². The Morgan fingerprint density at radius 1 is 0.230 bits per heavy atom. The molecule has 0 saturated heterocycles. The summed E-state index contributed by atoms with van der Waals surface area (Å²) >= 11 is 0. The quantitative estimate of drug-likeness (QED) is 0.0269. The number of nitrogens with one attached hydrogen (secondary N) is 9. The number of aliphatic carboxylic acids is 6. The van der Waals surface area contributed by atoms with Crippen molar-refractivity contribution in [1.82, 2.24) is 47.9 Å². The molecule has 0 aromatic heterocycles. The highest BCUT2D eigenvalue weighted by Gasteiger charge is 2.43. The largest absolute Gasteiger partial charge is 0.481 e. The average molecular weight is 1930 g/mol. The van der Waals surface area contributed by atoms with Gasteiger partial charge < -0.3 is 41.3 Å². The van der Waals surface area contributed by atoms with E-state index < -0.39 is 144 Å². The Kier molecular flexibility index (Phi) is 62.1. The lowest BCUT2D eigenvalue weighted by molar-refractivity contribution is -0.143. The third-order valence-electron chi connectivity index (χ3n) is 26.3. The van der Waals surface area contributed by atoms with Crippen LogP contribution in [0, 0.1) is 27.1 Å². The van der Waals surface area contributed by atoms with Gasteiger partial charge >= 0.3 is 35.8 Å². The van der Waals surface area contributed by atoms with E-state index in [-0.39, 0.29) is 138 Å². The van der Waals surface area contributed by atoms with Crippen LogP contribution in [0.15, 0.2) is 0 Å². The summed E-state index contributed by atoms with van der Waals surface area (Å²) in [6, 6.07) is -4.80. The maximum absolute atomic E-state index is 12.7. The minimum atomic E-state index is -1.14. The van der Waals surface area contributed by atoms with Gasteiger partial charge in [-0.1, -0.05) is 104 Å². The van der Waals surface area contributed by atoms with Crippen molar-refractivity contribution >= 4 is 117 Å².